The molecule has 1 aromatic rings. The van der Waals surface area contributed by atoms with Crippen LogP contribution in [0.1, 0.15) is 10.4 Å². The van der Waals surface area contributed by atoms with E-state index in [0.29, 0.717) is 5.02 Å². The second-order valence-electron chi connectivity index (χ2n) is 3.54. The Hall–Kier alpha value is -1.47. The topological polar surface area (TPSA) is 61.6 Å². The highest BCUT2D eigenvalue weighted by atomic mass is 35.5. The SMILES string of the molecule is Nc1cc(Cl)ccc1C(=O)OCCOCC(F)(F)F. The third-order valence-electron chi connectivity index (χ3n) is 1.96. The van der Waals surface area contributed by atoms with Crippen molar-refractivity contribution in [3.05, 3.63) is 28.8 Å². The van der Waals surface area contributed by atoms with Crippen LogP contribution in [0.3, 0.4) is 0 Å². The average molecular weight is 298 g/mol. The highest BCUT2D eigenvalue weighted by molar-refractivity contribution is 6.31. The van der Waals surface area contributed by atoms with Crippen LogP contribution in [0.2, 0.25) is 5.02 Å². The summed E-state index contributed by atoms with van der Waals surface area (Å²) in [6, 6.07) is 4.20. The van der Waals surface area contributed by atoms with E-state index >= 15 is 0 Å². The monoisotopic (exact) mass is 297 g/mol. The molecule has 0 saturated heterocycles. The molecule has 0 radical (unpaired) electrons. The standard InChI is InChI=1S/C11H11ClF3NO3/c12-7-1-2-8(9(16)5-7)10(17)19-4-3-18-6-11(13,14)15/h1-2,5H,3-4,6,16H2. The summed E-state index contributed by atoms with van der Waals surface area (Å²) in [5, 5.41) is 0.363. The molecular weight excluding hydrogens is 287 g/mol. The van der Waals surface area contributed by atoms with Gasteiger partial charge < -0.3 is 15.2 Å². The predicted octanol–water partition coefficient (Wildman–Crippen LogP) is 2.66. The van der Waals surface area contributed by atoms with Crippen molar-refractivity contribution >= 4 is 23.3 Å². The Morgan fingerprint density at radius 1 is 1.32 bits per heavy atom. The molecule has 0 aliphatic carbocycles. The fourth-order valence-corrected chi connectivity index (χ4v) is 1.36. The van der Waals surface area contributed by atoms with Crippen molar-refractivity contribution in [3.8, 4) is 0 Å². The quantitative estimate of drug-likeness (QED) is 0.515. The van der Waals surface area contributed by atoms with Crippen LogP contribution < -0.4 is 5.73 Å². The maximum atomic E-state index is 11.7. The van der Waals surface area contributed by atoms with Gasteiger partial charge in [0.15, 0.2) is 0 Å². The molecular formula is C11H11ClF3NO3. The van der Waals surface area contributed by atoms with E-state index in [-0.39, 0.29) is 24.5 Å². The summed E-state index contributed by atoms with van der Waals surface area (Å²) in [4.78, 5) is 11.5. The van der Waals surface area contributed by atoms with Crippen molar-refractivity contribution in [1.82, 2.24) is 0 Å². The minimum atomic E-state index is -4.40. The second-order valence-corrected chi connectivity index (χ2v) is 3.97. The van der Waals surface area contributed by atoms with Crippen molar-refractivity contribution in [1.29, 1.82) is 0 Å². The van der Waals surface area contributed by atoms with Gasteiger partial charge in [-0.2, -0.15) is 13.2 Å². The first-order valence-electron chi connectivity index (χ1n) is 5.16. The van der Waals surface area contributed by atoms with E-state index < -0.39 is 18.8 Å². The average Bonchev–Trinajstić information content (AvgIpc) is 2.26. The number of rotatable bonds is 5. The number of carbonyl (C=O) groups is 1. The van der Waals surface area contributed by atoms with Crippen LogP contribution in [0.5, 0.6) is 0 Å². The normalized spacial score (nSPS) is 11.4. The Balaban J connectivity index is 2.36. The van der Waals surface area contributed by atoms with Gasteiger partial charge in [-0.3, -0.25) is 0 Å². The summed E-state index contributed by atoms with van der Waals surface area (Å²) >= 11 is 5.65. The van der Waals surface area contributed by atoms with Gasteiger partial charge >= 0.3 is 12.1 Å². The van der Waals surface area contributed by atoms with Crippen LogP contribution in [-0.2, 0) is 9.47 Å². The molecule has 1 rings (SSSR count). The van der Waals surface area contributed by atoms with E-state index in [2.05, 4.69) is 4.74 Å². The summed E-state index contributed by atoms with van der Waals surface area (Å²) in [6.45, 7) is -2.02. The summed E-state index contributed by atoms with van der Waals surface area (Å²) in [5.41, 5.74) is 5.77. The molecule has 8 heteroatoms. The smallest absolute Gasteiger partial charge is 0.411 e. The van der Waals surface area contributed by atoms with Crippen LogP contribution >= 0.6 is 11.6 Å². The molecule has 0 aliphatic heterocycles. The fraction of sp³-hybridized carbons (Fsp3) is 0.364. The van der Waals surface area contributed by atoms with Crippen molar-refractivity contribution in [2.45, 2.75) is 6.18 Å². The van der Waals surface area contributed by atoms with Gasteiger partial charge in [-0.05, 0) is 18.2 Å². The molecule has 1 aromatic carbocycles. The minimum Gasteiger partial charge on any atom is -0.460 e. The zero-order valence-corrected chi connectivity index (χ0v) is 10.4. The number of nitrogen functional groups attached to an aromatic ring is 1. The number of benzene rings is 1. The molecule has 0 aliphatic rings. The van der Waals surface area contributed by atoms with Crippen molar-refractivity contribution in [2.24, 2.45) is 0 Å². The first-order chi connectivity index (χ1) is 8.79. The molecule has 2 N–H and O–H groups in total. The number of carbonyl (C=O) groups excluding carboxylic acids is 1. The molecule has 0 heterocycles. The number of nitrogens with two attached hydrogens (primary N) is 1. The Kier molecular flexibility index (Phi) is 5.44. The molecule has 19 heavy (non-hydrogen) atoms. The van der Waals surface area contributed by atoms with E-state index in [1.54, 1.807) is 0 Å². The Bertz CT molecular complexity index is 451. The number of hydrogen-bond donors (Lipinski definition) is 1. The summed E-state index contributed by atoms with van der Waals surface area (Å²) in [7, 11) is 0. The number of hydrogen-bond acceptors (Lipinski definition) is 4. The van der Waals surface area contributed by atoms with E-state index in [4.69, 9.17) is 22.1 Å². The number of alkyl halides is 3. The van der Waals surface area contributed by atoms with Gasteiger partial charge in [0.1, 0.15) is 13.2 Å². The van der Waals surface area contributed by atoms with Crippen LogP contribution in [0.4, 0.5) is 18.9 Å². The van der Waals surface area contributed by atoms with Gasteiger partial charge in [-0.1, -0.05) is 11.6 Å². The maximum absolute atomic E-state index is 11.7. The first kappa shape index (κ1) is 15.6. The third kappa shape index (κ3) is 5.80. The van der Waals surface area contributed by atoms with E-state index in [1.165, 1.54) is 18.2 Å². The fourth-order valence-electron chi connectivity index (χ4n) is 1.18. The molecule has 0 bridgehead atoms. The molecule has 0 aromatic heterocycles. The van der Waals surface area contributed by atoms with Crippen LogP contribution in [0, 0.1) is 0 Å². The van der Waals surface area contributed by atoms with Crippen LogP contribution in [0.15, 0.2) is 18.2 Å². The summed E-state index contributed by atoms with van der Waals surface area (Å²) < 4.78 is 44.2. The molecule has 0 fully saturated rings. The predicted molar refractivity (Wildman–Crippen MR) is 63.0 cm³/mol. The van der Waals surface area contributed by atoms with Gasteiger partial charge in [0.05, 0.1) is 12.2 Å². The second kappa shape index (κ2) is 6.63. The lowest BCUT2D eigenvalue weighted by Crippen LogP contribution is -2.20. The van der Waals surface area contributed by atoms with Gasteiger partial charge in [-0.25, -0.2) is 4.79 Å². The number of ether oxygens (including phenoxy) is 2. The third-order valence-corrected chi connectivity index (χ3v) is 2.20. The number of halogens is 4. The maximum Gasteiger partial charge on any atom is 0.411 e. The minimum absolute atomic E-state index is 0.0974. The van der Waals surface area contributed by atoms with E-state index in [0.717, 1.165) is 0 Å². The highest BCUT2D eigenvalue weighted by Crippen LogP contribution is 2.18. The molecule has 0 amide bonds. The largest absolute Gasteiger partial charge is 0.460 e. The van der Waals surface area contributed by atoms with Gasteiger partial charge in [0.2, 0.25) is 0 Å². The van der Waals surface area contributed by atoms with E-state index in [1.807, 2.05) is 0 Å². The van der Waals surface area contributed by atoms with Crippen LogP contribution in [0.25, 0.3) is 0 Å². The first-order valence-corrected chi connectivity index (χ1v) is 5.54. The summed E-state index contributed by atoms with van der Waals surface area (Å²) in [6.07, 6.45) is -4.40. The van der Waals surface area contributed by atoms with Crippen molar-refractivity contribution < 1.29 is 27.4 Å². The Labute approximate surface area is 112 Å². The molecule has 4 nitrogen and oxygen atoms in total. The lowest BCUT2D eigenvalue weighted by molar-refractivity contribution is -0.175. The Morgan fingerprint density at radius 2 is 2.00 bits per heavy atom. The lowest BCUT2D eigenvalue weighted by Gasteiger charge is -2.09. The highest BCUT2D eigenvalue weighted by Gasteiger charge is 2.27. The van der Waals surface area contributed by atoms with Crippen molar-refractivity contribution in [3.63, 3.8) is 0 Å². The van der Waals surface area contributed by atoms with Gasteiger partial charge in [0.25, 0.3) is 0 Å². The number of anilines is 1. The lowest BCUT2D eigenvalue weighted by atomic mass is 10.2. The molecule has 0 saturated carbocycles. The zero-order chi connectivity index (χ0) is 14.5. The van der Waals surface area contributed by atoms with Gasteiger partial charge in [0, 0.05) is 10.7 Å². The summed E-state index contributed by atoms with van der Waals surface area (Å²) in [5.74, 6) is -0.746. The molecule has 0 atom stereocenters. The Morgan fingerprint density at radius 3 is 2.58 bits per heavy atom. The van der Waals surface area contributed by atoms with E-state index in [9.17, 15) is 18.0 Å². The van der Waals surface area contributed by atoms with Crippen molar-refractivity contribution in [2.75, 3.05) is 25.6 Å². The molecule has 0 unspecified atom stereocenters. The zero-order valence-electron chi connectivity index (χ0n) is 9.67. The number of esters is 1. The molecule has 0 spiro atoms. The van der Waals surface area contributed by atoms with Crippen LogP contribution in [-0.4, -0.2) is 32.0 Å². The van der Waals surface area contributed by atoms with Gasteiger partial charge in [-0.15, -0.1) is 0 Å². The molecule has 106 valence electrons.